The Labute approximate surface area is 130 Å². The van der Waals surface area contributed by atoms with Crippen LogP contribution in [0.2, 0.25) is 0 Å². The molecule has 1 aromatic carbocycles. The summed E-state index contributed by atoms with van der Waals surface area (Å²) in [6.45, 7) is 1.91. The highest BCUT2D eigenvalue weighted by Gasteiger charge is 2.46. The van der Waals surface area contributed by atoms with Crippen LogP contribution in [0, 0.1) is 0 Å². The first-order chi connectivity index (χ1) is 10.5. The Bertz CT molecular complexity index is 534. The van der Waals surface area contributed by atoms with Crippen molar-refractivity contribution in [2.75, 3.05) is 7.11 Å². The lowest BCUT2D eigenvalue weighted by Crippen LogP contribution is -2.53. The van der Waals surface area contributed by atoms with Crippen molar-refractivity contribution in [1.29, 1.82) is 0 Å². The molecule has 1 aliphatic rings. The van der Waals surface area contributed by atoms with E-state index in [0.29, 0.717) is 12.8 Å². The van der Waals surface area contributed by atoms with Gasteiger partial charge in [0, 0.05) is 0 Å². The van der Waals surface area contributed by atoms with Crippen LogP contribution >= 0.6 is 0 Å². The lowest BCUT2D eigenvalue weighted by atomic mass is 9.63. The molecule has 1 aromatic rings. The number of ether oxygens (including phenoxy) is 1. The Morgan fingerprint density at radius 3 is 2.36 bits per heavy atom. The van der Waals surface area contributed by atoms with E-state index in [1.807, 2.05) is 31.2 Å². The average molecular weight is 305 g/mol. The SMILES string of the molecule is CCCC(NC(=O)C1(c2ccc(OC)cc2)CCC1)C(=O)O. The molecule has 1 unspecified atom stereocenters. The number of methoxy groups -OCH3 is 1. The second-order valence-electron chi connectivity index (χ2n) is 5.82. The predicted molar refractivity (Wildman–Crippen MR) is 83.0 cm³/mol. The summed E-state index contributed by atoms with van der Waals surface area (Å²) in [5, 5.41) is 11.9. The van der Waals surface area contributed by atoms with E-state index >= 15 is 0 Å². The fourth-order valence-electron chi connectivity index (χ4n) is 2.93. The summed E-state index contributed by atoms with van der Waals surface area (Å²) < 4.78 is 5.14. The number of aliphatic carboxylic acids is 1. The summed E-state index contributed by atoms with van der Waals surface area (Å²) in [5.41, 5.74) is 0.339. The van der Waals surface area contributed by atoms with Gasteiger partial charge >= 0.3 is 5.97 Å². The van der Waals surface area contributed by atoms with Crippen LogP contribution in [0.5, 0.6) is 5.75 Å². The normalized spacial score (nSPS) is 17.2. The molecular formula is C17H23NO4. The molecule has 0 aliphatic heterocycles. The van der Waals surface area contributed by atoms with E-state index < -0.39 is 17.4 Å². The minimum atomic E-state index is -0.973. The van der Waals surface area contributed by atoms with Crippen LogP contribution in [-0.2, 0) is 15.0 Å². The van der Waals surface area contributed by atoms with E-state index in [4.69, 9.17) is 4.74 Å². The Balaban J connectivity index is 2.18. The molecule has 22 heavy (non-hydrogen) atoms. The van der Waals surface area contributed by atoms with Gasteiger partial charge in [0.2, 0.25) is 5.91 Å². The van der Waals surface area contributed by atoms with Gasteiger partial charge in [-0.25, -0.2) is 4.79 Å². The molecule has 5 heteroatoms. The Morgan fingerprint density at radius 1 is 1.32 bits per heavy atom. The van der Waals surface area contributed by atoms with Gasteiger partial charge in [0.25, 0.3) is 0 Å². The van der Waals surface area contributed by atoms with Crippen LogP contribution in [0.15, 0.2) is 24.3 Å². The fraction of sp³-hybridized carbons (Fsp3) is 0.529. The van der Waals surface area contributed by atoms with Gasteiger partial charge in [-0.15, -0.1) is 0 Å². The first kappa shape index (κ1) is 16.3. The third-order valence-electron chi connectivity index (χ3n) is 4.47. The Kier molecular flexibility index (Phi) is 5.06. The van der Waals surface area contributed by atoms with Crippen LogP contribution in [-0.4, -0.2) is 30.1 Å². The predicted octanol–water partition coefficient (Wildman–Crippen LogP) is 2.49. The van der Waals surface area contributed by atoms with E-state index in [2.05, 4.69) is 5.32 Å². The highest BCUT2D eigenvalue weighted by atomic mass is 16.5. The number of carbonyl (C=O) groups excluding carboxylic acids is 1. The molecule has 0 saturated heterocycles. The Hall–Kier alpha value is -2.04. The number of carboxylic acids is 1. The van der Waals surface area contributed by atoms with Gasteiger partial charge in [-0.05, 0) is 37.0 Å². The van der Waals surface area contributed by atoms with Crippen molar-refractivity contribution < 1.29 is 19.4 Å². The number of hydrogen-bond acceptors (Lipinski definition) is 3. The molecule has 0 heterocycles. The zero-order valence-electron chi connectivity index (χ0n) is 13.1. The molecule has 5 nitrogen and oxygen atoms in total. The molecule has 1 saturated carbocycles. The molecule has 0 bridgehead atoms. The van der Waals surface area contributed by atoms with Gasteiger partial charge in [-0.3, -0.25) is 4.79 Å². The van der Waals surface area contributed by atoms with Crippen LogP contribution in [0.25, 0.3) is 0 Å². The second-order valence-corrected chi connectivity index (χ2v) is 5.82. The third-order valence-corrected chi connectivity index (χ3v) is 4.47. The van der Waals surface area contributed by atoms with E-state index in [1.165, 1.54) is 0 Å². The lowest BCUT2D eigenvalue weighted by molar-refractivity contribution is -0.143. The van der Waals surface area contributed by atoms with Crippen molar-refractivity contribution in [1.82, 2.24) is 5.32 Å². The van der Waals surface area contributed by atoms with Gasteiger partial charge < -0.3 is 15.2 Å². The second kappa shape index (κ2) is 6.81. The summed E-state index contributed by atoms with van der Waals surface area (Å²) in [4.78, 5) is 23.9. The van der Waals surface area contributed by atoms with Gasteiger partial charge in [0.1, 0.15) is 11.8 Å². The minimum absolute atomic E-state index is 0.176. The van der Waals surface area contributed by atoms with E-state index in [9.17, 15) is 14.7 Å². The maximum Gasteiger partial charge on any atom is 0.326 e. The van der Waals surface area contributed by atoms with Gasteiger partial charge in [0.15, 0.2) is 0 Å². The number of nitrogens with one attached hydrogen (secondary N) is 1. The molecule has 2 N–H and O–H groups in total. The number of carbonyl (C=O) groups is 2. The molecule has 1 fully saturated rings. The van der Waals surface area contributed by atoms with Crippen LogP contribution in [0.4, 0.5) is 0 Å². The highest BCUT2D eigenvalue weighted by Crippen LogP contribution is 2.44. The molecule has 120 valence electrons. The number of hydrogen-bond donors (Lipinski definition) is 2. The maximum absolute atomic E-state index is 12.7. The zero-order chi connectivity index (χ0) is 16.2. The quantitative estimate of drug-likeness (QED) is 0.811. The van der Waals surface area contributed by atoms with E-state index in [1.54, 1.807) is 7.11 Å². The first-order valence-corrected chi connectivity index (χ1v) is 7.72. The van der Waals surface area contributed by atoms with Crippen molar-refractivity contribution in [3.05, 3.63) is 29.8 Å². The third kappa shape index (κ3) is 3.08. The standard InChI is InChI=1S/C17H23NO4/c1-3-5-14(15(19)20)18-16(21)17(10-4-11-17)12-6-8-13(22-2)9-7-12/h6-9,14H,3-5,10-11H2,1-2H3,(H,18,21)(H,19,20). The monoisotopic (exact) mass is 305 g/mol. The van der Waals surface area contributed by atoms with Gasteiger partial charge in [-0.1, -0.05) is 31.9 Å². The topological polar surface area (TPSA) is 75.6 Å². The molecule has 1 aliphatic carbocycles. The molecule has 2 rings (SSSR count). The number of benzene rings is 1. The number of amides is 1. The molecule has 0 aromatic heterocycles. The number of carboxylic acid groups (broad SMARTS) is 1. The largest absolute Gasteiger partial charge is 0.497 e. The fourth-order valence-corrected chi connectivity index (χ4v) is 2.93. The van der Waals surface area contributed by atoms with Crippen molar-refractivity contribution in [2.45, 2.75) is 50.5 Å². The van der Waals surface area contributed by atoms with Crippen molar-refractivity contribution in [2.24, 2.45) is 0 Å². The van der Waals surface area contributed by atoms with E-state index in [-0.39, 0.29) is 5.91 Å². The summed E-state index contributed by atoms with van der Waals surface area (Å²) in [5.74, 6) is -0.405. The molecule has 0 radical (unpaired) electrons. The maximum atomic E-state index is 12.7. The van der Waals surface area contributed by atoms with Crippen LogP contribution < -0.4 is 10.1 Å². The number of rotatable bonds is 7. The van der Waals surface area contributed by atoms with Crippen LogP contribution in [0.3, 0.4) is 0 Å². The highest BCUT2D eigenvalue weighted by molar-refractivity contribution is 5.92. The first-order valence-electron chi connectivity index (χ1n) is 7.72. The molecule has 1 amide bonds. The smallest absolute Gasteiger partial charge is 0.326 e. The molecule has 0 spiro atoms. The summed E-state index contributed by atoms with van der Waals surface area (Å²) >= 11 is 0. The Morgan fingerprint density at radius 2 is 1.95 bits per heavy atom. The average Bonchev–Trinajstić information content (AvgIpc) is 2.46. The molecule has 1 atom stereocenters. The summed E-state index contributed by atoms with van der Waals surface area (Å²) in [6.07, 6.45) is 3.64. The summed E-state index contributed by atoms with van der Waals surface area (Å²) in [7, 11) is 1.60. The zero-order valence-corrected chi connectivity index (χ0v) is 13.1. The van der Waals surface area contributed by atoms with E-state index in [0.717, 1.165) is 30.6 Å². The van der Waals surface area contributed by atoms with Gasteiger partial charge in [0.05, 0.1) is 12.5 Å². The lowest BCUT2D eigenvalue weighted by Gasteiger charge is -2.41. The van der Waals surface area contributed by atoms with Crippen molar-refractivity contribution in [3.8, 4) is 5.75 Å². The van der Waals surface area contributed by atoms with Crippen molar-refractivity contribution in [3.63, 3.8) is 0 Å². The molecular weight excluding hydrogens is 282 g/mol. The van der Waals surface area contributed by atoms with Crippen LogP contribution in [0.1, 0.15) is 44.6 Å². The van der Waals surface area contributed by atoms with Gasteiger partial charge in [-0.2, -0.15) is 0 Å². The van der Waals surface area contributed by atoms with Crippen molar-refractivity contribution >= 4 is 11.9 Å². The summed E-state index contributed by atoms with van der Waals surface area (Å²) in [6, 6.07) is 6.65. The minimum Gasteiger partial charge on any atom is -0.497 e.